The fourth-order valence-corrected chi connectivity index (χ4v) is 4.07. The molecule has 0 radical (unpaired) electrons. The largest absolute Gasteiger partial charge is 0.418 e. The highest BCUT2D eigenvalue weighted by Gasteiger charge is 2.38. The van der Waals surface area contributed by atoms with Gasteiger partial charge in [0.25, 0.3) is 5.56 Å². The van der Waals surface area contributed by atoms with Crippen LogP contribution in [0.1, 0.15) is 11.1 Å². The number of thioether (sulfide) groups is 1. The molecule has 0 bridgehead atoms. The van der Waals surface area contributed by atoms with Gasteiger partial charge in [0.15, 0.2) is 5.16 Å². The summed E-state index contributed by atoms with van der Waals surface area (Å²) in [4.78, 5) is 21.3. The van der Waals surface area contributed by atoms with Crippen LogP contribution in [0.25, 0.3) is 16.6 Å². The number of hydrogen-bond donors (Lipinski definition) is 0. The van der Waals surface area contributed by atoms with Gasteiger partial charge in [-0.15, -0.1) is 0 Å². The van der Waals surface area contributed by atoms with Gasteiger partial charge in [0, 0.05) is 5.75 Å². The van der Waals surface area contributed by atoms with Gasteiger partial charge in [0.2, 0.25) is 0 Å². The van der Waals surface area contributed by atoms with E-state index in [1.54, 1.807) is 6.07 Å². The molecule has 13 heteroatoms. The average molecular weight is 485 g/mol. The number of fused-ring (bicyclic) bond motifs is 1. The number of halogens is 6. The maximum absolute atomic E-state index is 13.7. The number of alkyl halides is 6. The zero-order valence-electron chi connectivity index (χ0n) is 16.4. The monoisotopic (exact) mass is 485 g/mol. The number of rotatable bonds is 5. The lowest BCUT2D eigenvalue weighted by Gasteiger charge is -2.19. The first kappa shape index (κ1) is 22.8. The van der Waals surface area contributed by atoms with E-state index in [0.29, 0.717) is 22.8 Å². The molecule has 0 fully saturated rings. The molecule has 0 atom stereocenters. The molecule has 0 unspecified atom stereocenters. The van der Waals surface area contributed by atoms with Crippen LogP contribution in [0.4, 0.5) is 26.3 Å². The zero-order valence-corrected chi connectivity index (χ0v) is 17.2. The molecule has 6 nitrogen and oxygen atoms in total. The van der Waals surface area contributed by atoms with Crippen molar-refractivity contribution in [2.24, 2.45) is 0 Å². The normalized spacial score (nSPS) is 12.4. The van der Waals surface area contributed by atoms with Crippen LogP contribution in [-0.4, -0.2) is 30.1 Å². The maximum Gasteiger partial charge on any atom is 0.418 e. The number of nitrogens with zero attached hydrogens (tertiary/aromatic N) is 5. The standard InChI is InChI=1S/C20H13F6N5OS/c21-19(22,23)12-5-6-14(20(24,25)26)16(9-12)31-17(32)13-3-1-2-4-15(13)29-18(31)33-8-7-30-11-27-10-28-30/h1-6,9-11H,7-8H2. The van der Waals surface area contributed by atoms with Crippen molar-refractivity contribution in [1.29, 1.82) is 0 Å². The van der Waals surface area contributed by atoms with Crippen molar-refractivity contribution in [2.75, 3.05) is 5.75 Å². The second-order valence-corrected chi connectivity index (χ2v) is 7.85. The van der Waals surface area contributed by atoms with Crippen molar-refractivity contribution < 1.29 is 26.3 Å². The van der Waals surface area contributed by atoms with Crippen molar-refractivity contribution >= 4 is 22.7 Å². The highest BCUT2D eigenvalue weighted by atomic mass is 32.2. The molecule has 33 heavy (non-hydrogen) atoms. The van der Waals surface area contributed by atoms with Crippen LogP contribution in [0.3, 0.4) is 0 Å². The summed E-state index contributed by atoms with van der Waals surface area (Å²) in [6.07, 6.45) is -7.19. The summed E-state index contributed by atoms with van der Waals surface area (Å²) in [5.74, 6) is 0.217. The van der Waals surface area contributed by atoms with Crippen LogP contribution in [0, 0.1) is 0 Å². The average Bonchev–Trinajstić information content (AvgIpc) is 3.26. The third-order valence-electron chi connectivity index (χ3n) is 4.63. The maximum atomic E-state index is 13.7. The molecule has 4 rings (SSSR count). The highest BCUT2D eigenvalue weighted by Crippen LogP contribution is 2.38. The van der Waals surface area contributed by atoms with Crippen LogP contribution >= 0.6 is 11.8 Å². The van der Waals surface area contributed by atoms with E-state index in [0.717, 1.165) is 11.8 Å². The molecule has 0 N–H and O–H groups in total. The van der Waals surface area contributed by atoms with Crippen LogP contribution in [0.2, 0.25) is 0 Å². The summed E-state index contributed by atoms with van der Waals surface area (Å²) in [6, 6.07) is 6.92. The number of benzene rings is 2. The van der Waals surface area contributed by atoms with Gasteiger partial charge in [-0.05, 0) is 30.3 Å². The Morgan fingerprint density at radius 1 is 0.970 bits per heavy atom. The van der Waals surface area contributed by atoms with Gasteiger partial charge in [-0.2, -0.15) is 31.4 Å². The fraction of sp³-hybridized carbons (Fsp3) is 0.200. The molecule has 172 valence electrons. The predicted molar refractivity (Wildman–Crippen MR) is 108 cm³/mol. The minimum Gasteiger partial charge on any atom is -0.268 e. The smallest absolute Gasteiger partial charge is 0.268 e. The lowest BCUT2D eigenvalue weighted by Crippen LogP contribution is -2.25. The molecule has 0 aliphatic heterocycles. The highest BCUT2D eigenvalue weighted by molar-refractivity contribution is 7.99. The Labute approximate surface area is 185 Å². The quantitative estimate of drug-likeness (QED) is 0.231. The van der Waals surface area contributed by atoms with E-state index in [4.69, 9.17) is 0 Å². The van der Waals surface area contributed by atoms with E-state index in [1.165, 1.54) is 35.5 Å². The summed E-state index contributed by atoms with van der Waals surface area (Å²) >= 11 is 0.916. The first-order chi connectivity index (χ1) is 15.6. The van der Waals surface area contributed by atoms with Crippen LogP contribution in [-0.2, 0) is 18.9 Å². The predicted octanol–water partition coefficient (Wildman–Crippen LogP) is 4.81. The Morgan fingerprint density at radius 3 is 2.39 bits per heavy atom. The Hall–Kier alpha value is -3.35. The first-order valence-corrected chi connectivity index (χ1v) is 10.3. The second kappa shape index (κ2) is 8.54. The van der Waals surface area contributed by atoms with E-state index < -0.39 is 34.7 Å². The number of aromatic nitrogens is 5. The van der Waals surface area contributed by atoms with Gasteiger partial charge >= 0.3 is 12.4 Å². The second-order valence-electron chi connectivity index (χ2n) is 6.79. The molecular formula is C20H13F6N5OS. The summed E-state index contributed by atoms with van der Waals surface area (Å²) < 4.78 is 83.2. The van der Waals surface area contributed by atoms with Gasteiger partial charge < -0.3 is 0 Å². The Kier molecular flexibility index (Phi) is 5.91. The van der Waals surface area contributed by atoms with Crippen LogP contribution in [0.15, 0.2) is 65.1 Å². The van der Waals surface area contributed by atoms with Gasteiger partial charge in [0.05, 0.1) is 34.3 Å². The molecule has 0 saturated heterocycles. The van der Waals surface area contributed by atoms with E-state index in [2.05, 4.69) is 15.1 Å². The summed E-state index contributed by atoms with van der Waals surface area (Å²) in [6.45, 7) is 0.280. The van der Waals surface area contributed by atoms with E-state index in [9.17, 15) is 31.1 Å². The molecule has 0 aliphatic rings. The molecule has 0 saturated carbocycles. The Morgan fingerprint density at radius 2 is 1.73 bits per heavy atom. The van der Waals surface area contributed by atoms with Crippen molar-refractivity contribution in [3.63, 3.8) is 0 Å². The third kappa shape index (κ3) is 4.72. The van der Waals surface area contributed by atoms with Gasteiger partial charge in [-0.25, -0.2) is 9.97 Å². The summed E-state index contributed by atoms with van der Waals surface area (Å²) in [5, 5.41) is 3.71. The Balaban J connectivity index is 1.93. The lowest BCUT2D eigenvalue weighted by molar-refractivity contribution is -0.141. The summed E-state index contributed by atoms with van der Waals surface area (Å²) in [5.41, 5.74) is -4.34. The topological polar surface area (TPSA) is 65.6 Å². The number of aryl methyl sites for hydroxylation is 1. The lowest BCUT2D eigenvalue weighted by atomic mass is 10.1. The molecule has 0 aliphatic carbocycles. The molecule has 4 aromatic rings. The third-order valence-corrected chi connectivity index (χ3v) is 5.55. The van der Waals surface area contributed by atoms with Gasteiger partial charge in [-0.1, -0.05) is 23.9 Å². The minimum absolute atomic E-state index is 0.0244. The number of para-hydroxylation sites is 1. The van der Waals surface area contributed by atoms with Crippen molar-refractivity contribution in [3.8, 4) is 5.69 Å². The Bertz CT molecular complexity index is 1350. The van der Waals surface area contributed by atoms with Gasteiger partial charge in [0.1, 0.15) is 12.7 Å². The van der Waals surface area contributed by atoms with Crippen molar-refractivity contribution in [3.05, 3.63) is 76.6 Å². The van der Waals surface area contributed by atoms with Crippen LogP contribution in [0.5, 0.6) is 0 Å². The van der Waals surface area contributed by atoms with Crippen molar-refractivity contribution in [2.45, 2.75) is 24.1 Å². The molecule has 2 aromatic carbocycles. The fourth-order valence-electron chi connectivity index (χ4n) is 3.13. The van der Waals surface area contributed by atoms with E-state index in [-0.39, 0.29) is 28.4 Å². The van der Waals surface area contributed by atoms with Crippen LogP contribution < -0.4 is 5.56 Å². The first-order valence-electron chi connectivity index (χ1n) is 9.31. The zero-order chi connectivity index (χ0) is 23.8. The molecule has 2 heterocycles. The van der Waals surface area contributed by atoms with Gasteiger partial charge in [-0.3, -0.25) is 14.0 Å². The minimum atomic E-state index is -5.01. The van der Waals surface area contributed by atoms with E-state index in [1.807, 2.05) is 0 Å². The number of hydrogen-bond acceptors (Lipinski definition) is 5. The molecule has 2 aromatic heterocycles. The molecule has 0 amide bonds. The summed E-state index contributed by atoms with van der Waals surface area (Å²) in [7, 11) is 0. The van der Waals surface area contributed by atoms with E-state index >= 15 is 0 Å². The molecule has 0 spiro atoms. The van der Waals surface area contributed by atoms with Crippen molar-refractivity contribution in [1.82, 2.24) is 24.3 Å². The molecular weight excluding hydrogens is 472 g/mol. The SMILES string of the molecule is O=c1c2ccccc2nc(SCCn2cncn2)n1-c1cc(C(F)(F)F)ccc1C(F)(F)F.